The maximum Gasteiger partial charge on any atom is 0.157 e. The number of rotatable bonds is 7. The second kappa shape index (κ2) is 10.7. The summed E-state index contributed by atoms with van der Waals surface area (Å²) in [5.74, 6) is -0.296. The monoisotopic (exact) mass is 515 g/mol. The number of fused-ring (bicyclic) bond motifs is 1. The summed E-state index contributed by atoms with van der Waals surface area (Å²) < 4.78 is 5.58. The molecule has 1 aliphatic heterocycles. The molecular formula is C28H31Cl2NO4. The predicted molar refractivity (Wildman–Crippen MR) is 142 cm³/mol. The first-order chi connectivity index (χ1) is 16.7. The van der Waals surface area contributed by atoms with Gasteiger partial charge in [-0.2, -0.15) is 0 Å². The number of aliphatic hydroxyl groups excluding tert-OH is 1. The third-order valence-electron chi connectivity index (χ3n) is 6.66. The molecule has 1 aliphatic carbocycles. The van der Waals surface area contributed by atoms with Gasteiger partial charge in [0, 0.05) is 33.4 Å². The molecule has 0 spiro atoms. The van der Waals surface area contributed by atoms with Crippen molar-refractivity contribution >= 4 is 35.0 Å². The zero-order valence-electron chi connectivity index (χ0n) is 20.0. The van der Waals surface area contributed by atoms with E-state index in [1.165, 1.54) is 12.1 Å². The Morgan fingerprint density at radius 2 is 1.80 bits per heavy atom. The molecule has 35 heavy (non-hydrogen) atoms. The molecule has 3 N–H and O–H groups in total. The van der Waals surface area contributed by atoms with Crippen LogP contribution in [-0.4, -0.2) is 41.7 Å². The average molecular weight is 516 g/mol. The second-order valence-corrected chi connectivity index (χ2v) is 10.2. The lowest BCUT2D eigenvalue weighted by atomic mass is 9.82. The van der Waals surface area contributed by atoms with Crippen LogP contribution in [0.15, 0.2) is 64.3 Å². The number of phenols is 2. The Morgan fingerprint density at radius 3 is 2.54 bits per heavy atom. The van der Waals surface area contributed by atoms with Crippen LogP contribution in [0, 0.1) is 0 Å². The van der Waals surface area contributed by atoms with Gasteiger partial charge in [0.15, 0.2) is 11.5 Å². The van der Waals surface area contributed by atoms with E-state index >= 15 is 0 Å². The molecule has 0 aromatic heterocycles. The van der Waals surface area contributed by atoms with E-state index in [9.17, 15) is 10.2 Å². The largest absolute Gasteiger partial charge is 0.504 e. The Bertz CT molecular complexity index is 1200. The number of aliphatic hydroxyl groups is 1. The van der Waals surface area contributed by atoms with Crippen LogP contribution in [0.25, 0.3) is 6.08 Å². The van der Waals surface area contributed by atoms with E-state index in [0.29, 0.717) is 24.8 Å². The zero-order chi connectivity index (χ0) is 25.2. The molecule has 0 unspecified atom stereocenters. The molecule has 0 saturated heterocycles. The minimum atomic E-state index is -0.286. The molecule has 2 aromatic rings. The summed E-state index contributed by atoms with van der Waals surface area (Å²) in [4.78, 5) is 2.26. The third kappa shape index (κ3) is 5.39. The topological polar surface area (TPSA) is 73.2 Å². The first-order valence-electron chi connectivity index (χ1n) is 11.8. The Kier molecular flexibility index (Phi) is 7.82. The van der Waals surface area contributed by atoms with Gasteiger partial charge in [0.1, 0.15) is 0 Å². The van der Waals surface area contributed by atoms with Gasteiger partial charge in [-0.15, -0.1) is 0 Å². The van der Waals surface area contributed by atoms with Crippen LogP contribution in [-0.2, 0) is 10.2 Å². The molecule has 2 aromatic carbocycles. The summed E-state index contributed by atoms with van der Waals surface area (Å²) in [7, 11) is 0. The van der Waals surface area contributed by atoms with E-state index in [-0.39, 0.29) is 23.5 Å². The number of aromatic hydroxyl groups is 2. The predicted octanol–water partition coefficient (Wildman–Crippen LogP) is 6.50. The van der Waals surface area contributed by atoms with Crippen molar-refractivity contribution in [3.8, 4) is 11.5 Å². The van der Waals surface area contributed by atoms with Crippen molar-refractivity contribution in [1.82, 2.24) is 0 Å². The number of phenolic OH excluding ortho intramolecular Hbond substituents is 2. The van der Waals surface area contributed by atoms with Gasteiger partial charge in [0.05, 0.1) is 19.8 Å². The first kappa shape index (κ1) is 25.6. The lowest BCUT2D eigenvalue weighted by Crippen LogP contribution is -2.29. The number of nitrogens with zero attached hydrogens (tertiary/aromatic N) is 1. The molecular weight excluding hydrogens is 485 g/mol. The van der Waals surface area contributed by atoms with Crippen LogP contribution < -0.4 is 4.90 Å². The Balaban J connectivity index is 1.73. The van der Waals surface area contributed by atoms with E-state index in [0.717, 1.165) is 58.0 Å². The number of hydrogen-bond acceptors (Lipinski definition) is 5. The van der Waals surface area contributed by atoms with Gasteiger partial charge in [0.25, 0.3) is 0 Å². The average Bonchev–Trinajstić information content (AvgIpc) is 3.02. The molecule has 0 fully saturated rings. The molecule has 0 bridgehead atoms. The minimum Gasteiger partial charge on any atom is -0.504 e. The zero-order valence-corrected chi connectivity index (χ0v) is 21.5. The molecule has 0 radical (unpaired) electrons. The van der Waals surface area contributed by atoms with Crippen molar-refractivity contribution in [3.05, 3.63) is 80.5 Å². The molecule has 4 rings (SSSR count). The number of halogens is 2. The van der Waals surface area contributed by atoms with Crippen LogP contribution in [0.4, 0.5) is 5.69 Å². The van der Waals surface area contributed by atoms with E-state index in [4.69, 9.17) is 33.0 Å². The summed E-state index contributed by atoms with van der Waals surface area (Å²) in [6.07, 6.45) is 6.83. The van der Waals surface area contributed by atoms with Gasteiger partial charge in [-0.3, -0.25) is 0 Å². The van der Waals surface area contributed by atoms with Crippen LogP contribution in [0.5, 0.6) is 11.5 Å². The minimum absolute atomic E-state index is 0.00318. The van der Waals surface area contributed by atoms with Crippen molar-refractivity contribution in [2.45, 2.75) is 38.5 Å². The fourth-order valence-corrected chi connectivity index (χ4v) is 5.30. The molecule has 0 saturated carbocycles. The number of allylic oxidation sites excluding steroid dienone is 5. The Morgan fingerprint density at radius 1 is 1.00 bits per heavy atom. The quantitative estimate of drug-likeness (QED) is 0.289. The van der Waals surface area contributed by atoms with Gasteiger partial charge >= 0.3 is 0 Å². The van der Waals surface area contributed by atoms with Crippen LogP contribution in [0.1, 0.15) is 44.2 Å². The van der Waals surface area contributed by atoms with Crippen LogP contribution in [0.3, 0.4) is 0 Å². The summed E-state index contributed by atoms with van der Waals surface area (Å²) in [6.45, 7) is 5.81. The van der Waals surface area contributed by atoms with Crippen molar-refractivity contribution in [2.75, 3.05) is 31.3 Å². The normalized spacial score (nSPS) is 19.6. The van der Waals surface area contributed by atoms with Crippen molar-refractivity contribution in [1.29, 1.82) is 0 Å². The van der Waals surface area contributed by atoms with Gasteiger partial charge in [-0.05, 0) is 77.9 Å². The summed E-state index contributed by atoms with van der Waals surface area (Å²) in [5, 5.41) is 30.0. The highest BCUT2D eigenvalue weighted by Gasteiger charge is 2.40. The van der Waals surface area contributed by atoms with E-state index < -0.39 is 0 Å². The molecule has 1 heterocycles. The molecule has 186 valence electrons. The van der Waals surface area contributed by atoms with Gasteiger partial charge in [-0.25, -0.2) is 0 Å². The number of hydrogen-bond donors (Lipinski definition) is 3. The summed E-state index contributed by atoms with van der Waals surface area (Å²) >= 11 is 13.3. The number of anilines is 1. The Hall–Kier alpha value is -2.44. The standard InChI is InChI=1S/C28H31Cl2NO4/c1-28(2)22-17-21(29)7-8-23(22)31(10-12-35-13-11-32)26(28)16-20-5-3-4-19(27(20)30)14-18-6-9-24(33)25(34)15-18/h6-9,14-17,32-34H,3-5,10-13H2,1-2H3/b19-14+,26-16+. The van der Waals surface area contributed by atoms with E-state index in [1.54, 1.807) is 6.07 Å². The van der Waals surface area contributed by atoms with E-state index in [1.807, 2.05) is 24.3 Å². The molecule has 2 aliphatic rings. The molecule has 0 atom stereocenters. The maximum atomic E-state index is 9.86. The van der Waals surface area contributed by atoms with E-state index in [2.05, 4.69) is 24.8 Å². The second-order valence-electron chi connectivity index (χ2n) is 9.41. The fourth-order valence-electron chi connectivity index (χ4n) is 4.83. The lowest BCUT2D eigenvalue weighted by Gasteiger charge is -2.29. The smallest absolute Gasteiger partial charge is 0.157 e. The number of benzene rings is 2. The molecule has 0 amide bonds. The fraction of sp³-hybridized carbons (Fsp3) is 0.357. The summed E-state index contributed by atoms with van der Waals surface area (Å²) in [5.41, 5.74) is 5.94. The van der Waals surface area contributed by atoms with Gasteiger partial charge in [-0.1, -0.05) is 49.2 Å². The highest BCUT2D eigenvalue weighted by molar-refractivity contribution is 6.33. The number of ether oxygens (including phenoxy) is 1. The highest BCUT2D eigenvalue weighted by atomic mass is 35.5. The van der Waals surface area contributed by atoms with Crippen molar-refractivity contribution in [3.63, 3.8) is 0 Å². The van der Waals surface area contributed by atoms with Crippen molar-refractivity contribution < 1.29 is 20.1 Å². The Labute approximate surface area is 216 Å². The van der Waals surface area contributed by atoms with Gasteiger partial charge in [0.2, 0.25) is 0 Å². The maximum absolute atomic E-state index is 9.86. The van der Waals surface area contributed by atoms with Crippen LogP contribution >= 0.6 is 23.2 Å². The third-order valence-corrected chi connectivity index (χ3v) is 7.38. The summed E-state index contributed by atoms with van der Waals surface area (Å²) in [6, 6.07) is 10.7. The van der Waals surface area contributed by atoms with Crippen LogP contribution in [0.2, 0.25) is 5.02 Å². The van der Waals surface area contributed by atoms with Gasteiger partial charge < -0.3 is 25.0 Å². The first-order valence-corrected chi connectivity index (χ1v) is 12.6. The lowest BCUT2D eigenvalue weighted by molar-refractivity contribution is 0.0972. The molecule has 7 heteroatoms. The molecule has 5 nitrogen and oxygen atoms in total. The SMILES string of the molecule is CC1(C)/C(=C\C2=C(Cl)C(=C/c3ccc(O)c(O)c3)/CCC2)N(CCOCCO)c2ccc(Cl)cc21. The highest BCUT2D eigenvalue weighted by Crippen LogP contribution is 2.49. The van der Waals surface area contributed by atoms with Crippen molar-refractivity contribution in [2.24, 2.45) is 0 Å².